The van der Waals surface area contributed by atoms with Crippen molar-refractivity contribution in [1.29, 1.82) is 0 Å². The van der Waals surface area contributed by atoms with E-state index in [0.717, 1.165) is 35.5 Å². The predicted octanol–water partition coefficient (Wildman–Crippen LogP) is 1.84. The third-order valence-electron chi connectivity index (χ3n) is 3.34. The molecule has 1 fully saturated rings. The molecule has 3 N–H and O–H groups in total. The molecule has 0 saturated carbocycles. The van der Waals surface area contributed by atoms with E-state index in [-0.39, 0.29) is 0 Å². The van der Waals surface area contributed by atoms with E-state index in [1.54, 1.807) is 0 Å². The van der Waals surface area contributed by atoms with Gasteiger partial charge in [-0.3, -0.25) is 5.10 Å². The minimum Gasteiger partial charge on any atom is -0.382 e. The van der Waals surface area contributed by atoms with Gasteiger partial charge in [0.25, 0.3) is 0 Å². The Morgan fingerprint density at radius 3 is 2.82 bits per heavy atom. The van der Waals surface area contributed by atoms with Crippen LogP contribution in [0.15, 0.2) is 6.07 Å². The fraction of sp³-hybridized carbons (Fsp3) is 0.500. The zero-order valence-electron chi connectivity index (χ0n) is 10.0. The van der Waals surface area contributed by atoms with Gasteiger partial charge < -0.3 is 10.6 Å². The summed E-state index contributed by atoms with van der Waals surface area (Å²) in [6, 6.07) is 1.99. The number of nitrogens with two attached hydrogens (primary N) is 1. The molecule has 0 spiro atoms. The van der Waals surface area contributed by atoms with Crippen molar-refractivity contribution in [2.24, 2.45) is 0 Å². The lowest BCUT2D eigenvalue weighted by atomic mass is 10.1. The van der Waals surface area contributed by atoms with Gasteiger partial charge in [-0.1, -0.05) is 0 Å². The van der Waals surface area contributed by atoms with Gasteiger partial charge in [-0.2, -0.15) is 5.10 Å². The van der Waals surface area contributed by atoms with Gasteiger partial charge in [-0.05, 0) is 32.3 Å². The van der Waals surface area contributed by atoms with Crippen molar-refractivity contribution in [3.05, 3.63) is 11.8 Å². The third-order valence-corrected chi connectivity index (χ3v) is 3.34. The highest BCUT2D eigenvalue weighted by Crippen LogP contribution is 2.30. The molecule has 1 aliphatic rings. The van der Waals surface area contributed by atoms with Crippen LogP contribution in [-0.4, -0.2) is 28.3 Å². The number of aryl methyl sites for hydroxylation is 1. The van der Waals surface area contributed by atoms with Gasteiger partial charge in [0.2, 0.25) is 0 Å². The van der Waals surface area contributed by atoms with Crippen LogP contribution in [0.3, 0.4) is 0 Å². The summed E-state index contributed by atoms with van der Waals surface area (Å²) in [7, 11) is 0. The average molecular weight is 231 g/mol. The molecule has 2 aromatic rings. The van der Waals surface area contributed by atoms with Gasteiger partial charge in [0.15, 0.2) is 5.82 Å². The summed E-state index contributed by atoms with van der Waals surface area (Å²) in [4.78, 5) is 6.97. The number of piperidine rings is 1. The van der Waals surface area contributed by atoms with Crippen LogP contribution in [0.5, 0.6) is 0 Å². The van der Waals surface area contributed by atoms with Crippen molar-refractivity contribution < 1.29 is 0 Å². The Kier molecular flexibility index (Phi) is 2.39. The number of hydrogen-bond acceptors (Lipinski definition) is 4. The van der Waals surface area contributed by atoms with Crippen LogP contribution in [0, 0.1) is 6.92 Å². The molecule has 0 unspecified atom stereocenters. The minimum atomic E-state index is 0.549. The molecule has 3 heterocycles. The molecule has 0 bridgehead atoms. The molecular formula is C12H17N5. The van der Waals surface area contributed by atoms with Crippen LogP contribution < -0.4 is 10.6 Å². The van der Waals surface area contributed by atoms with Crippen LogP contribution in [-0.2, 0) is 0 Å². The first-order chi connectivity index (χ1) is 8.25. The lowest BCUT2D eigenvalue weighted by Crippen LogP contribution is -2.30. The fourth-order valence-corrected chi connectivity index (χ4v) is 2.51. The molecule has 5 heteroatoms. The Labute approximate surface area is 100 Å². The molecule has 0 aliphatic carbocycles. The quantitative estimate of drug-likeness (QED) is 0.785. The largest absolute Gasteiger partial charge is 0.382 e. The van der Waals surface area contributed by atoms with Crippen molar-refractivity contribution in [3.8, 4) is 0 Å². The molecule has 17 heavy (non-hydrogen) atoms. The van der Waals surface area contributed by atoms with Crippen molar-refractivity contribution in [2.45, 2.75) is 26.2 Å². The summed E-state index contributed by atoms with van der Waals surface area (Å²) in [5, 5.41) is 8.01. The van der Waals surface area contributed by atoms with E-state index in [2.05, 4.69) is 20.1 Å². The first kappa shape index (κ1) is 10.4. The van der Waals surface area contributed by atoms with Crippen molar-refractivity contribution in [2.75, 3.05) is 23.7 Å². The molecule has 3 rings (SSSR count). The third kappa shape index (κ3) is 1.71. The lowest BCUT2D eigenvalue weighted by Gasteiger charge is -2.28. The van der Waals surface area contributed by atoms with Crippen LogP contribution in [0.4, 0.5) is 11.6 Å². The topological polar surface area (TPSA) is 70.8 Å². The van der Waals surface area contributed by atoms with Gasteiger partial charge in [-0.25, -0.2) is 4.98 Å². The highest BCUT2D eigenvalue weighted by atomic mass is 15.2. The molecule has 0 atom stereocenters. The number of hydrogen-bond donors (Lipinski definition) is 2. The van der Waals surface area contributed by atoms with Gasteiger partial charge >= 0.3 is 0 Å². The van der Waals surface area contributed by atoms with Crippen LogP contribution in [0.1, 0.15) is 25.0 Å². The number of fused-ring (bicyclic) bond motifs is 1. The maximum Gasteiger partial charge on any atom is 0.156 e. The van der Waals surface area contributed by atoms with Crippen LogP contribution >= 0.6 is 0 Å². The molecule has 0 aromatic carbocycles. The molecule has 0 amide bonds. The predicted molar refractivity (Wildman–Crippen MR) is 69.1 cm³/mol. The van der Waals surface area contributed by atoms with Crippen molar-refractivity contribution >= 4 is 22.5 Å². The van der Waals surface area contributed by atoms with E-state index in [1.165, 1.54) is 19.3 Å². The standard InChI is InChI=1S/C12H17N5/c1-8-7-9-10(11(13)16-15-9)12(14-8)17-5-3-2-4-6-17/h7H,2-6H2,1H3,(H3,13,15,16). The summed E-state index contributed by atoms with van der Waals surface area (Å²) in [5.41, 5.74) is 7.91. The van der Waals surface area contributed by atoms with Gasteiger partial charge in [0, 0.05) is 18.8 Å². The maximum absolute atomic E-state index is 5.92. The van der Waals surface area contributed by atoms with Gasteiger partial charge in [0.05, 0.1) is 10.9 Å². The van der Waals surface area contributed by atoms with Gasteiger partial charge in [-0.15, -0.1) is 0 Å². The molecular weight excluding hydrogens is 214 g/mol. The number of aromatic nitrogens is 3. The lowest BCUT2D eigenvalue weighted by molar-refractivity contribution is 0.574. The molecule has 90 valence electrons. The summed E-state index contributed by atoms with van der Waals surface area (Å²) in [6.07, 6.45) is 3.77. The fourth-order valence-electron chi connectivity index (χ4n) is 2.51. The second-order valence-corrected chi connectivity index (χ2v) is 4.67. The smallest absolute Gasteiger partial charge is 0.156 e. The number of pyridine rings is 1. The monoisotopic (exact) mass is 231 g/mol. The van der Waals surface area contributed by atoms with E-state index in [4.69, 9.17) is 5.73 Å². The summed E-state index contributed by atoms with van der Waals surface area (Å²) in [5.74, 6) is 1.54. The normalized spacial score (nSPS) is 16.6. The Morgan fingerprint density at radius 1 is 1.29 bits per heavy atom. The number of nitrogen functional groups attached to an aromatic ring is 1. The van der Waals surface area contributed by atoms with Crippen LogP contribution in [0.2, 0.25) is 0 Å². The highest BCUT2D eigenvalue weighted by molar-refractivity contribution is 5.98. The van der Waals surface area contributed by atoms with Gasteiger partial charge in [0.1, 0.15) is 5.82 Å². The number of H-pyrrole nitrogens is 1. The first-order valence-electron chi connectivity index (χ1n) is 6.12. The summed E-state index contributed by atoms with van der Waals surface area (Å²) >= 11 is 0. The van der Waals surface area contributed by atoms with E-state index < -0.39 is 0 Å². The van der Waals surface area contributed by atoms with Crippen LogP contribution in [0.25, 0.3) is 10.9 Å². The second-order valence-electron chi connectivity index (χ2n) is 4.67. The number of nitrogens with one attached hydrogen (secondary N) is 1. The summed E-state index contributed by atoms with van der Waals surface area (Å²) in [6.45, 7) is 4.14. The summed E-state index contributed by atoms with van der Waals surface area (Å²) < 4.78 is 0. The van der Waals surface area contributed by atoms with E-state index in [1.807, 2.05) is 13.0 Å². The molecule has 2 aromatic heterocycles. The number of rotatable bonds is 1. The molecule has 1 saturated heterocycles. The molecule has 1 aliphatic heterocycles. The number of nitrogens with zero attached hydrogens (tertiary/aromatic N) is 3. The Balaban J connectivity index is 2.15. The average Bonchev–Trinajstić information content (AvgIpc) is 2.71. The zero-order chi connectivity index (χ0) is 11.8. The minimum absolute atomic E-state index is 0.549. The Hall–Kier alpha value is -1.78. The van der Waals surface area contributed by atoms with E-state index in [9.17, 15) is 0 Å². The number of anilines is 2. The molecule has 0 radical (unpaired) electrons. The maximum atomic E-state index is 5.92. The Bertz CT molecular complexity index is 539. The van der Waals surface area contributed by atoms with E-state index in [0.29, 0.717) is 5.82 Å². The number of aromatic amines is 1. The van der Waals surface area contributed by atoms with E-state index >= 15 is 0 Å². The highest BCUT2D eigenvalue weighted by Gasteiger charge is 2.18. The SMILES string of the molecule is Cc1cc2[nH]nc(N)c2c(N2CCCCC2)n1. The second kappa shape index (κ2) is 3.91. The van der Waals surface area contributed by atoms with Crippen molar-refractivity contribution in [3.63, 3.8) is 0 Å². The first-order valence-corrected chi connectivity index (χ1v) is 6.12. The van der Waals surface area contributed by atoms with Crippen molar-refractivity contribution in [1.82, 2.24) is 15.2 Å². The Morgan fingerprint density at radius 2 is 2.06 bits per heavy atom. The molecule has 5 nitrogen and oxygen atoms in total. The zero-order valence-corrected chi connectivity index (χ0v) is 10.0.